The average Bonchev–Trinajstić information content (AvgIpc) is 2.98. The Morgan fingerprint density at radius 1 is 1.15 bits per heavy atom. The van der Waals surface area contributed by atoms with E-state index in [-0.39, 0.29) is 0 Å². The molecule has 1 N–H and O–H groups in total. The van der Waals surface area contributed by atoms with Crippen LogP contribution in [0.5, 0.6) is 0 Å². The Bertz CT molecular complexity index is 252. The molecule has 2 heteroatoms. The van der Waals surface area contributed by atoms with Gasteiger partial charge in [-0.25, -0.2) is 0 Å². The maximum absolute atomic E-state index is 5.82. The Morgan fingerprint density at radius 3 is 2.55 bits per heavy atom. The summed E-state index contributed by atoms with van der Waals surface area (Å²) >= 11 is 0. The zero-order chi connectivity index (χ0) is 14.3. The summed E-state index contributed by atoms with van der Waals surface area (Å²) in [6, 6.07) is 0. The Hall–Kier alpha value is -0.0800. The molecule has 0 aromatic carbocycles. The van der Waals surface area contributed by atoms with E-state index in [1.54, 1.807) is 0 Å². The number of unbranched alkanes of at least 4 members (excludes halogenated alkanes) is 1. The second-order valence-corrected chi connectivity index (χ2v) is 7.29. The quantitative estimate of drug-likeness (QED) is 0.705. The summed E-state index contributed by atoms with van der Waals surface area (Å²) in [6.45, 7) is 4.53. The van der Waals surface area contributed by atoms with Crippen LogP contribution in [-0.2, 0) is 4.74 Å². The molecule has 2 nitrogen and oxygen atoms in total. The van der Waals surface area contributed by atoms with Crippen LogP contribution in [0.3, 0.4) is 0 Å². The molecule has 1 unspecified atom stereocenters. The molecule has 0 aromatic heterocycles. The maximum atomic E-state index is 5.82. The molecule has 1 aliphatic carbocycles. The smallest absolute Gasteiger partial charge is 0.0576 e. The van der Waals surface area contributed by atoms with Crippen molar-refractivity contribution in [2.45, 2.75) is 83.7 Å². The Labute approximate surface area is 126 Å². The van der Waals surface area contributed by atoms with Gasteiger partial charge in [0.2, 0.25) is 0 Å². The van der Waals surface area contributed by atoms with Crippen molar-refractivity contribution in [3.8, 4) is 0 Å². The summed E-state index contributed by atoms with van der Waals surface area (Å²) in [5.41, 5.74) is 0.573. The summed E-state index contributed by atoms with van der Waals surface area (Å²) in [4.78, 5) is 0. The summed E-state index contributed by atoms with van der Waals surface area (Å²) in [7, 11) is 2.12. The van der Waals surface area contributed by atoms with Crippen molar-refractivity contribution in [2.24, 2.45) is 11.3 Å². The number of rotatable bonds is 8. The first-order valence-electron chi connectivity index (χ1n) is 9.04. The van der Waals surface area contributed by atoms with Gasteiger partial charge >= 0.3 is 0 Å². The van der Waals surface area contributed by atoms with Crippen molar-refractivity contribution in [1.29, 1.82) is 0 Å². The van der Waals surface area contributed by atoms with Gasteiger partial charge in [-0.2, -0.15) is 0 Å². The van der Waals surface area contributed by atoms with Crippen molar-refractivity contribution in [1.82, 2.24) is 5.32 Å². The zero-order valence-corrected chi connectivity index (χ0v) is 13.8. The first kappa shape index (κ1) is 16.3. The molecular weight excluding hydrogens is 246 g/mol. The molecule has 1 heterocycles. The normalized spacial score (nSPS) is 34.5. The molecule has 2 rings (SSSR count). The van der Waals surface area contributed by atoms with E-state index >= 15 is 0 Å². The van der Waals surface area contributed by atoms with E-state index in [0.29, 0.717) is 11.5 Å². The van der Waals surface area contributed by atoms with Gasteiger partial charge in [0.15, 0.2) is 0 Å². The van der Waals surface area contributed by atoms with Gasteiger partial charge in [-0.05, 0) is 69.7 Å². The van der Waals surface area contributed by atoms with Gasteiger partial charge in [0.25, 0.3) is 0 Å². The standard InChI is InChI=1S/C18H35NO/c1-3-4-6-16-8-11-18(12-9-16,15-19-2)13-10-17-7-5-14-20-17/h16-17,19H,3-15H2,1-2H3. The maximum Gasteiger partial charge on any atom is 0.0576 e. The lowest BCUT2D eigenvalue weighted by Crippen LogP contribution is -2.37. The highest BCUT2D eigenvalue weighted by Crippen LogP contribution is 2.44. The van der Waals surface area contributed by atoms with Crippen LogP contribution in [0.4, 0.5) is 0 Å². The summed E-state index contributed by atoms with van der Waals surface area (Å²) in [5.74, 6) is 1.02. The lowest BCUT2D eigenvalue weighted by molar-refractivity contribution is 0.0686. The van der Waals surface area contributed by atoms with Crippen LogP contribution in [-0.4, -0.2) is 26.3 Å². The van der Waals surface area contributed by atoms with E-state index in [9.17, 15) is 0 Å². The molecule has 20 heavy (non-hydrogen) atoms. The highest BCUT2D eigenvalue weighted by molar-refractivity contribution is 4.88. The van der Waals surface area contributed by atoms with Crippen molar-refractivity contribution < 1.29 is 4.74 Å². The van der Waals surface area contributed by atoms with Gasteiger partial charge in [0.05, 0.1) is 6.10 Å². The lowest BCUT2D eigenvalue weighted by Gasteiger charge is -2.41. The highest BCUT2D eigenvalue weighted by atomic mass is 16.5. The first-order valence-corrected chi connectivity index (χ1v) is 9.04. The van der Waals surface area contributed by atoms with Crippen molar-refractivity contribution >= 4 is 0 Å². The van der Waals surface area contributed by atoms with Gasteiger partial charge in [-0.1, -0.05) is 26.2 Å². The van der Waals surface area contributed by atoms with Gasteiger partial charge in [-0.3, -0.25) is 0 Å². The highest BCUT2D eigenvalue weighted by Gasteiger charge is 2.35. The molecular formula is C18H35NO. The molecule has 1 saturated heterocycles. The van der Waals surface area contributed by atoms with Crippen LogP contribution in [0.15, 0.2) is 0 Å². The van der Waals surface area contributed by atoms with Crippen molar-refractivity contribution in [3.05, 3.63) is 0 Å². The van der Waals surface area contributed by atoms with E-state index in [0.717, 1.165) is 12.5 Å². The monoisotopic (exact) mass is 281 g/mol. The van der Waals surface area contributed by atoms with E-state index in [4.69, 9.17) is 4.74 Å². The van der Waals surface area contributed by atoms with Crippen LogP contribution in [0.1, 0.15) is 77.6 Å². The van der Waals surface area contributed by atoms with Crippen LogP contribution in [0.25, 0.3) is 0 Å². The molecule has 1 saturated carbocycles. The predicted octanol–water partition coefficient (Wildman–Crippen LogP) is 4.53. The van der Waals surface area contributed by atoms with Gasteiger partial charge < -0.3 is 10.1 Å². The minimum Gasteiger partial charge on any atom is -0.378 e. The minimum atomic E-state index is 0.571. The number of hydrogen-bond donors (Lipinski definition) is 1. The van der Waals surface area contributed by atoms with Gasteiger partial charge in [-0.15, -0.1) is 0 Å². The zero-order valence-electron chi connectivity index (χ0n) is 13.8. The molecule has 0 bridgehead atoms. The van der Waals surface area contributed by atoms with Crippen molar-refractivity contribution in [3.63, 3.8) is 0 Å². The van der Waals surface area contributed by atoms with E-state index in [2.05, 4.69) is 19.3 Å². The van der Waals surface area contributed by atoms with Gasteiger partial charge in [0.1, 0.15) is 0 Å². The third-order valence-corrected chi connectivity index (χ3v) is 5.70. The third-order valence-electron chi connectivity index (χ3n) is 5.70. The van der Waals surface area contributed by atoms with Crippen LogP contribution < -0.4 is 5.32 Å². The molecule has 2 aliphatic rings. The van der Waals surface area contributed by atoms with Gasteiger partial charge in [0, 0.05) is 13.2 Å². The number of hydrogen-bond acceptors (Lipinski definition) is 2. The SMILES string of the molecule is CCCCC1CCC(CCC2CCCO2)(CNC)CC1. The summed E-state index contributed by atoms with van der Waals surface area (Å²) < 4.78 is 5.82. The fourth-order valence-electron chi connectivity index (χ4n) is 4.30. The van der Waals surface area contributed by atoms with E-state index in [1.807, 2.05) is 0 Å². The van der Waals surface area contributed by atoms with Crippen LogP contribution in [0, 0.1) is 11.3 Å². The van der Waals surface area contributed by atoms with Crippen molar-refractivity contribution in [2.75, 3.05) is 20.2 Å². The first-order chi connectivity index (χ1) is 9.78. The molecule has 118 valence electrons. The van der Waals surface area contributed by atoms with E-state index in [1.165, 1.54) is 77.2 Å². The largest absolute Gasteiger partial charge is 0.378 e. The fourth-order valence-corrected chi connectivity index (χ4v) is 4.30. The molecule has 1 aliphatic heterocycles. The van der Waals surface area contributed by atoms with Crippen LogP contribution in [0.2, 0.25) is 0 Å². The molecule has 0 radical (unpaired) electrons. The molecule has 2 fully saturated rings. The fraction of sp³-hybridized carbons (Fsp3) is 1.00. The Kier molecular flexibility index (Phi) is 6.83. The molecule has 0 amide bonds. The number of ether oxygens (including phenoxy) is 1. The Balaban J connectivity index is 1.77. The number of nitrogens with one attached hydrogen (secondary N) is 1. The molecule has 0 aromatic rings. The Morgan fingerprint density at radius 2 is 1.95 bits per heavy atom. The average molecular weight is 281 g/mol. The lowest BCUT2D eigenvalue weighted by atomic mass is 9.67. The second-order valence-electron chi connectivity index (χ2n) is 7.29. The topological polar surface area (TPSA) is 21.3 Å². The van der Waals surface area contributed by atoms with Crippen LogP contribution >= 0.6 is 0 Å². The summed E-state index contributed by atoms with van der Waals surface area (Å²) in [6.07, 6.45) is 15.9. The third kappa shape index (κ3) is 4.73. The molecule has 0 spiro atoms. The second kappa shape index (κ2) is 8.38. The predicted molar refractivity (Wildman–Crippen MR) is 86.1 cm³/mol. The van der Waals surface area contributed by atoms with E-state index < -0.39 is 0 Å². The molecule has 1 atom stereocenters. The summed E-state index contributed by atoms with van der Waals surface area (Å²) in [5, 5.41) is 3.47. The minimum absolute atomic E-state index is 0.571.